The molecule has 1 aromatic rings. The molecule has 0 aromatic carbocycles. The lowest BCUT2D eigenvalue weighted by atomic mass is 10.1. The summed E-state index contributed by atoms with van der Waals surface area (Å²) >= 11 is 0. The largest absolute Gasteiger partial charge is 0.329 e. The lowest BCUT2D eigenvalue weighted by Crippen LogP contribution is -2.11. The fourth-order valence-electron chi connectivity index (χ4n) is 0.954. The van der Waals surface area contributed by atoms with Crippen LogP contribution in [0.25, 0.3) is 0 Å². The lowest BCUT2D eigenvalue weighted by molar-refractivity contribution is 0.976. The third kappa shape index (κ3) is 3.85. The monoisotopic (exact) mass is 195 g/mol. The van der Waals surface area contributed by atoms with Crippen molar-refractivity contribution in [3.05, 3.63) is 28.6 Å². The number of pyridine rings is 1. The Hall–Kier alpha value is -0.930. The molecule has 0 fully saturated rings. The van der Waals surface area contributed by atoms with Gasteiger partial charge in [0.05, 0.1) is 0 Å². The number of nitrogens with zero attached hydrogens (tertiary/aromatic N) is 1. The first kappa shape index (κ1) is 13.1. The van der Waals surface area contributed by atoms with Crippen molar-refractivity contribution < 1.29 is 0 Å². The first-order valence-electron chi connectivity index (χ1n) is 4.84. The molecule has 0 spiro atoms. The summed E-state index contributed by atoms with van der Waals surface area (Å²) in [4.78, 5) is 4.24. The van der Waals surface area contributed by atoms with Crippen LogP contribution in [0.4, 0.5) is 0 Å². The van der Waals surface area contributed by atoms with E-state index >= 15 is 0 Å². The highest BCUT2D eigenvalue weighted by atomic mass is 14.7. The minimum Gasteiger partial charge on any atom is -0.329 e. The van der Waals surface area contributed by atoms with Gasteiger partial charge in [-0.15, -0.1) is 0 Å². The molecule has 0 radical (unpaired) electrons. The van der Waals surface area contributed by atoms with Gasteiger partial charge >= 0.3 is 0 Å². The van der Waals surface area contributed by atoms with E-state index in [0.717, 1.165) is 5.69 Å². The van der Waals surface area contributed by atoms with Crippen LogP contribution < -0.4 is 11.5 Å². The maximum absolute atomic E-state index is 4.90. The Kier molecular flexibility index (Phi) is 6.08. The summed E-state index contributed by atoms with van der Waals surface area (Å²) in [5, 5.41) is 0. The first-order valence-corrected chi connectivity index (χ1v) is 4.84. The molecular weight excluding hydrogens is 174 g/mol. The molecule has 1 rings (SSSR count). The quantitative estimate of drug-likeness (QED) is 0.708. The Labute approximate surface area is 86.5 Å². The van der Waals surface area contributed by atoms with Gasteiger partial charge in [0.15, 0.2) is 0 Å². The van der Waals surface area contributed by atoms with Crippen molar-refractivity contribution in [2.75, 3.05) is 13.1 Å². The molecule has 0 saturated heterocycles. The number of hydrogen-bond acceptors (Lipinski definition) is 3. The Balaban J connectivity index is 0.000000364. The number of aryl methyl sites for hydroxylation is 2. The fraction of sp³-hybridized carbons (Fsp3) is 0.545. The number of rotatable bonds is 1. The Morgan fingerprint density at radius 3 is 1.86 bits per heavy atom. The zero-order valence-electron chi connectivity index (χ0n) is 9.59. The maximum atomic E-state index is 4.90. The van der Waals surface area contributed by atoms with Crippen molar-refractivity contribution in [2.45, 2.75) is 27.7 Å². The van der Waals surface area contributed by atoms with Crippen molar-refractivity contribution in [3.63, 3.8) is 0 Å². The molecule has 0 aliphatic heterocycles. The molecule has 0 aliphatic carbocycles. The lowest BCUT2D eigenvalue weighted by Gasteiger charge is -2.05. The summed E-state index contributed by atoms with van der Waals surface area (Å²) in [7, 11) is 0. The van der Waals surface area contributed by atoms with Crippen LogP contribution in [0.3, 0.4) is 0 Å². The molecule has 3 nitrogen and oxygen atoms in total. The second-order valence-corrected chi connectivity index (χ2v) is 3.35. The number of aromatic nitrogens is 1. The molecule has 0 aliphatic rings. The van der Waals surface area contributed by atoms with Crippen LogP contribution in [0.2, 0.25) is 0 Å². The van der Waals surface area contributed by atoms with Gasteiger partial charge in [0.1, 0.15) is 0 Å². The molecule has 1 aromatic heterocycles. The molecule has 0 amide bonds. The maximum Gasteiger partial charge on any atom is 0.0404 e. The Morgan fingerprint density at radius 2 is 1.50 bits per heavy atom. The van der Waals surface area contributed by atoms with Crippen LogP contribution in [0.1, 0.15) is 22.4 Å². The summed E-state index contributed by atoms with van der Waals surface area (Å²) in [6.45, 7) is 9.58. The van der Waals surface area contributed by atoms with Crippen LogP contribution in [0.5, 0.6) is 0 Å². The van der Waals surface area contributed by atoms with E-state index in [0.29, 0.717) is 13.1 Å². The van der Waals surface area contributed by atoms with E-state index in [-0.39, 0.29) is 0 Å². The summed E-state index contributed by atoms with van der Waals surface area (Å²) in [6.07, 6.45) is 1.93. The molecule has 0 bridgehead atoms. The molecule has 80 valence electrons. The van der Waals surface area contributed by atoms with Crippen LogP contribution in [0, 0.1) is 27.7 Å². The van der Waals surface area contributed by atoms with Gasteiger partial charge < -0.3 is 11.5 Å². The molecular formula is C11H21N3. The van der Waals surface area contributed by atoms with Gasteiger partial charge in [-0.2, -0.15) is 0 Å². The molecule has 14 heavy (non-hydrogen) atoms. The van der Waals surface area contributed by atoms with Crippen molar-refractivity contribution in [3.8, 4) is 0 Å². The van der Waals surface area contributed by atoms with Crippen molar-refractivity contribution in [2.24, 2.45) is 11.5 Å². The van der Waals surface area contributed by atoms with Gasteiger partial charge in [-0.05, 0) is 44.4 Å². The molecule has 0 saturated carbocycles. The second-order valence-electron chi connectivity index (χ2n) is 3.35. The fourth-order valence-corrected chi connectivity index (χ4v) is 0.954. The molecule has 3 heteroatoms. The van der Waals surface area contributed by atoms with E-state index in [1.54, 1.807) is 0 Å². The Morgan fingerprint density at radius 1 is 1.00 bits per heavy atom. The van der Waals surface area contributed by atoms with Gasteiger partial charge in [-0.25, -0.2) is 0 Å². The highest BCUT2D eigenvalue weighted by Crippen LogP contribution is 2.12. The Bertz CT molecular complexity index is 253. The van der Waals surface area contributed by atoms with Crippen molar-refractivity contribution in [1.82, 2.24) is 4.98 Å². The van der Waals surface area contributed by atoms with Gasteiger partial charge in [0, 0.05) is 25.0 Å². The average molecular weight is 195 g/mol. The predicted molar refractivity (Wildman–Crippen MR) is 61.3 cm³/mol. The molecule has 1 heterocycles. The van der Waals surface area contributed by atoms with E-state index in [1.807, 2.05) is 13.1 Å². The standard InChI is InChI=1S/C9H13N.C2H8N2/c1-6-5-10-9(4)8(3)7(6)2;3-1-2-4/h5H,1-4H3;1-4H2. The highest BCUT2D eigenvalue weighted by Gasteiger charge is 1.98. The van der Waals surface area contributed by atoms with Gasteiger partial charge in [-0.3, -0.25) is 4.98 Å². The summed E-state index contributed by atoms with van der Waals surface area (Å²) < 4.78 is 0. The van der Waals surface area contributed by atoms with Gasteiger partial charge in [-0.1, -0.05) is 0 Å². The molecule has 4 N–H and O–H groups in total. The molecule has 0 atom stereocenters. The van der Waals surface area contributed by atoms with Crippen LogP contribution in [-0.4, -0.2) is 18.1 Å². The van der Waals surface area contributed by atoms with Crippen LogP contribution in [-0.2, 0) is 0 Å². The predicted octanol–water partition coefficient (Wildman–Crippen LogP) is 1.22. The third-order valence-corrected chi connectivity index (χ3v) is 2.32. The van der Waals surface area contributed by atoms with E-state index < -0.39 is 0 Å². The summed E-state index contributed by atoms with van der Waals surface area (Å²) in [6, 6.07) is 0. The SMILES string of the molecule is Cc1cnc(C)c(C)c1C.NCCN. The van der Waals surface area contributed by atoms with E-state index in [1.165, 1.54) is 16.7 Å². The zero-order chi connectivity index (χ0) is 11.1. The topological polar surface area (TPSA) is 64.9 Å². The van der Waals surface area contributed by atoms with Crippen LogP contribution in [0.15, 0.2) is 6.20 Å². The zero-order valence-corrected chi connectivity index (χ0v) is 9.59. The smallest absolute Gasteiger partial charge is 0.0404 e. The van der Waals surface area contributed by atoms with Gasteiger partial charge in [0.2, 0.25) is 0 Å². The van der Waals surface area contributed by atoms with E-state index in [2.05, 4.69) is 25.8 Å². The first-order chi connectivity index (χ1) is 6.54. The van der Waals surface area contributed by atoms with Crippen molar-refractivity contribution >= 4 is 0 Å². The minimum atomic E-state index is 0.597. The number of nitrogens with two attached hydrogens (primary N) is 2. The van der Waals surface area contributed by atoms with E-state index in [9.17, 15) is 0 Å². The summed E-state index contributed by atoms with van der Waals surface area (Å²) in [5.41, 5.74) is 14.9. The van der Waals surface area contributed by atoms with Gasteiger partial charge in [0.25, 0.3) is 0 Å². The average Bonchev–Trinajstić information content (AvgIpc) is 2.21. The molecule has 0 unspecified atom stereocenters. The minimum absolute atomic E-state index is 0.597. The van der Waals surface area contributed by atoms with Crippen molar-refractivity contribution in [1.29, 1.82) is 0 Å². The number of hydrogen-bond donors (Lipinski definition) is 2. The van der Waals surface area contributed by atoms with Crippen LogP contribution >= 0.6 is 0 Å². The highest BCUT2D eigenvalue weighted by molar-refractivity contribution is 5.32. The normalized spacial score (nSPS) is 9.29. The third-order valence-electron chi connectivity index (χ3n) is 2.32. The van der Waals surface area contributed by atoms with E-state index in [4.69, 9.17) is 11.5 Å². The second kappa shape index (κ2) is 6.51. The summed E-state index contributed by atoms with van der Waals surface area (Å²) in [5.74, 6) is 0.